The first-order valence-electron chi connectivity index (χ1n) is 12.8. The van der Waals surface area contributed by atoms with E-state index in [1.165, 1.54) is 17.2 Å². The van der Waals surface area contributed by atoms with E-state index in [1.54, 1.807) is 21.6 Å². The maximum Gasteiger partial charge on any atom is 0.278 e. The lowest BCUT2D eigenvalue weighted by molar-refractivity contribution is 0.435. The van der Waals surface area contributed by atoms with Crippen LogP contribution in [0.4, 0.5) is 16.0 Å². The standard InChI is InChI=1S/C28H32FN7O/c1-27(2,3)23-21(29)10-11-22(33-23)36-24-19(25(37)35(36)18-7-8-18)14-31-26(34-24)32-17-6-9-20-16(12-17)13-30-15-28(20,4)5/h6,9-12,14,18,30H,7-8,13,15H2,1-5H3,(H,31,32,34). The Bertz CT molecular complexity index is 1590. The van der Waals surface area contributed by atoms with Gasteiger partial charge in [-0.05, 0) is 48.2 Å². The van der Waals surface area contributed by atoms with Gasteiger partial charge in [0.15, 0.2) is 11.5 Å². The van der Waals surface area contributed by atoms with Gasteiger partial charge in [-0.25, -0.2) is 23.7 Å². The van der Waals surface area contributed by atoms with Gasteiger partial charge in [0.05, 0.1) is 11.7 Å². The first kappa shape index (κ1) is 23.8. The Kier molecular flexibility index (Phi) is 5.28. The smallest absolute Gasteiger partial charge is 0.278 e. The molecule has 2 N–H and O–H groups in total. The zero-order valence-corrected chi connectivity index (χ0v) is 21.9. The number of hydrogen-bond acceptors (Lipinski definition) is 6. The zero-order valence-electron chi connectivity index (χ0n) is 21.9. The number of halogens is 1. The minimum absolute atomic E-state index is 0.0668. The molecular weight excluding hydrogens is 469 g/mol. The molecule has 9 heteroatoms. The fourth-order valence-electron chi connectivity index (χ4n) is 5.22. The molecule has 37 heavy (non-hydrogen) atoms. The largest absolute Gasteiger partial charge is 0.324 e. The number of pyridine rings is 1. The predicted molar refractivity (Wildman–Crippen MR) is 142 cm³/mol. The number of fused-ring (bicyclic) bond motifs is 2. The van der Waals surface area contributed by atoms with E-state index in [4.69, 9.17) is 4.98 Å². The second-order valence-electron chi connectivity index (χ2n) is 11.9. The Morgan fingerprint density at radius 3 is 2.65 bits per heavy atom. The van der Waals surface area contributed by atoms with Crippen molar-refractivity contribution in [3.63, 3.8) is 0 Å². The van der Waals surface area contributed by atoms with Crippen molar-refractivity contribution in [1.29, 1.82) is 0 Å². The van der Waals surface area contributed by atoms with Gasteiger partial charge in [-0.2, -0.15) is 4.98 Å². The quantitative estimate of drug-likeness (QED) is 0.415. The average Bonchev–Trinajstić information content (AvgIpc) is 3.62. The van der Waals surface area contributed by atoms with E-state index in [0.29, 0.717) is 28.5 Å². The van der Waals surface area contributed by atoms with Crippen LogP contribution in [0.3, 0.4) is 0 Å². The van der Waals surface area contributed by atoms with E-state index in [2.05, 4.69) is 46.6 Å². The van der Waals surface area contributed by atoms with Crippen LogP contribution in [-0.2, 0) is 17.4 Å². The van der Waals surface area contributed by atoms with Gasteiger partial charge in [-0.15, -0.1) is 0 Å². The normalized spacial score (nSPS) is 17.1. The molecule has 2 aliphatic rings. The maximum absolute atomic E-state index is 14.7. The molecule has 4 heterocycles. The van der Waals surface area contributed by atoms with Gasteiger partial charge in [-0.3, -0.25) is 4.79 Å². The summed E-state index contributed by atoms with van der Waals surface area (Å²) in [5, 5.41) is 7.21. The van der Waals surface area contributed by atoms with E-state index in [-0.39, 0.29) is 22.8 Å². The first-order chi connectivity index (χ1) is 17.5. The molecule has 6 rings (SSSR count). The van der Waals surface area contributed by atoms with Gasteiger partial charge in [0.1, 0.15) is 11.2 Å². The van der Waals surface area contributed by atoms with Gasteiger partial charge in [0.2, 0.25) is 5.95 Å². The van der Waals surface area contributed by atoms with Crippen LogP contribution in [0.1, 0.15) is 70.3 Å². The summed E-state index contributed by atoms with van der Waals surface area (Å²) in [6.07, 6.45) is 3.38. The molecule has 0 amide bonds. The van der Waals surface area contributed by atoms with Gasteiger partial charge in [0.25, 0.3) is 5.56 Å². The maximum atomic E-state index is 14.7. The molecule has 0 radical (unpaired) electrons. The summed E-state index contributed by atoms with van der Waals surface area (Å²) in [6.45, 7) is 12.0. The molecular formula is C28H32FN7O. The summed E-state index contributed by atoms with van der Waals surface area (Å²) in [5.41, 5.74) is 3.67. The van der Waals surface area contributed by atoms with Crippen LogP contribution in [0, 0.1) is 5.82 Å². The Hall–Kier alpha value is -3.59. The Balaban J connectivity index is 1.46. The highest BCUT2D eigenvalue weighted by Crippen LogP contribution is 2.36. The minimum atomic E-state index is -0.495. The Morgan fingerprint density at radius 2 is 1.92 bits per heavy atom. The SMILES string of the molecule is CC(C)(C)c1nc(-n2c3nc(Nc4ccc5c(c4)CNCC5(C)C)ncc3c(=O)n2C2CC2)ccc1F. The van der Waals surface area contributed by atoms with E-state index >= 15 is 0 Å². The minimum Gasteiger partial charge on any atom is -0.324 e. The lowest BCUT2D eigenvalue weighted by Gasteiger charge is -2.33. The van der Waals surface area contributed by atoms with Crippen LogP contribution in [0.2, 0.25) is 0 Å². The molecule has 192 valence electrons. The second-order valence-corrected chi connectivity index (χ2v) is 11.9. The fraction of sp³-hybridized carbons (Fsp3) is 0.429. The number of hydrogen-bond donors (Lipinski definition) is 2. The number of benzene rings is 1. The summed E-state index contributed by atoms with van der Waals surface area (Å²) in [4.78, 5) is 27.3. The molecule has 1 saturated carbocycles. The Morgan fingerprint density at radius 1 is 1.14 bits per heavy atom. The molecule has 3 aromatic heterocycles. The molecule has 4 aromatic rings. The summed E-state index contributed by atoms with van der Waals surface area (Å²) in [6, 6.07) is 9.41. The topological polar surface area (TPSA) is 89.7 Å². The lowest BCUT2D eigenvalue weighted by atomic mass is 9.79. The molecule has 1 aliphatic heterocycles. The second kappa shape index (κ2) is 8.21. The zero-order chi connectivity index (χ0) is 26.1. The van der Waals surface area contributed by atoms with Crippen molar-refractivity contribution < 1.29 is 4.39 Å². The highest BCUT2D eigenvalue weighted by Gasteiger charge is 2.32. The van der Waals surface area contributed by atoms with Crippen molar-refractivity contribution >= 4 is 22.7 Å². The van der Waals surface area contributed by atoms with Crippen LogP contribution in [0.5, 0.6) is 0 Å². The molecule has 0 spiro atoms. The monoisotopic (exact) mass is 501 g/mol. The highest BCUT2D eigenvalue weighted by molar-refractivity contribution is 5.77. The van der Waals surface area contributed by atoms with Crippen molar-refractivity contribution in [2.45, 2.75) is 70.9 Å². The van der Waals surface area contributed by atoms with Crippen molar-refractivity contribution in [2.24, 2.45) is 0 Å². The van der Waals surface area contributed by atoms with Crippen molar-refractivity contribution in [2.75, 3.05) is 11.9 Å². The van der Waals surface area contributed by atoms with Crippen LogP contribution in [0.25, 0.3) is 16.9 Å². The molecule has 1 fully saturated rings. The molecule has 8 nitrogen and oxygen atoms in total. The van der Waals surface area contributed by atoms with E-state index in [9.17, 15) is 9.18 Å². The third-order valence-corrected chi connectivity index (χ3v) is 7.25. The van der Waals surface area contributed by atoms with Gasteiger partial charge < -0.3 is 10.6 Å². The summed E-state index contributed by atoms with van der Waals surface area (Å²) < 4.78 is 18.1. The van der Waals surface area contributed by atoms with Gasteiger partial charge >= 0.3 is 0 Å². The summed E-state index contributed by atoms with van der Waals surface area (Å²) in [5.74, 6) is 0.488. The van der Waals surface area contributed by atoms with Crippen LogP contribution >= 0.6 is 0 Å². The number of rotatable bonds is 4. The number of nitrogens with one attached hydrogen (secondary N) is 2. The van der Waals surface area contributed by atoms with Gasteiger partial charge in [-0.1, -0.05) is 40.7 Å². The summed E-state index contributed by atoms with van der Waals surface area (Å²) in [7, 11) is 0. The van der Waals surface area contributed by atoms with Crippen molar-refractivity contribution in [3.05, 3.63) is 69.5 Å². The summed E-state index contributed by atoms with van der Waals surface area (Å²) >= 11 is 0. The number of aromatic nitrogens is 5. The molecule has 0 bridgehead atoms. The number of nitrogens with zero attached hydrogens (tertiary/aromatic N) is 5. The lowest BCUT2D eigenvalue weighted by Crippen LogP contribution is -2.38. The van der Waals surface area contributed by atoms with Crippen molar-refractivity contribution in [1.82, 2.24) is 29.6 Å². The highest BCUT2D eigenvalue weighted by atomic mass is 19.1. The van der Waals surface area contributed by atoms with Gasteiger partial charge in [0, 0.05) is 35.8 Å². The van der Waals surface area contributed by atoms with E-state index < -0.39 is 5.41 Å². The predicted octanol–water partition coefficient (Wildman–Crippen LogP) is 4.87. The molecule has 0 saturated heterocycles. The van der Waals surface area contributed by atoms with Crippen LogP contribution in [-0.4, -0.2) is 30.9 Å². The molecule has 1 aliphatic carbocycles. The molecule has 0 atom stereocenters. The Labute approximate surface area is 214 Å². The number of anilines is 2. The van der Waals surface area contributed by atoms with E-state index in [1.807, 2.05) is 26.8 Å². The third kappa shape index (κ3) is 4.11. The molecule has 0 unspecified atom stereocenters. The van der Waals surface area contributed by atoms with Crippen LogP contribution in [0.15, 0.2) is 41.3 Å². The van der Waals surface area contributed by atoms with Crippen LogP contribution < -0.4 is 16.2 Å². The first-order valence-corrected chi connectivity index (χ1v) is 12.8. The third-order valence-electron chi connectivity index (χ3n) is 7.25. The van der Waals surface area contributed by atoms with Crippen molar-refractivity contribution in [3.8, 4) is 5.82 Å². The molecule has 1 aromatic carbocycles. The fourth-order valence-corrected chi connectivity index (χ4v) is 5.22. The van der Waals surface area contributed by atoms with E-state index in [0.717, 1.165) is 31.6 Å². The average molecular weight is 502 g/mol.